The molecule has 9 heteroatoms. The smallest absolute Gasteiger partial charge is 0.242 e. The second kappa shape index (κ2) is 12.9. The first kappa shape index (κ1) is 26.2. The van der Waals surface area contributed by atoms with Crippen molar-refractivity contribution in [3.05, 3.63) is 47.4 Å². The van der Waals surface area contributed by atoms with Crippen molar-refractivity contribution in [3.8, 4) is 0 Å². The summed E-state index contributed by atoms with van der Waals surface area (Å²) in [6.07, 6.45) is 6.99. The van der Waals surface area contributed by atoms with Gasteiger partial charge in [0.15, 0.2) is 5.82 Å². The number of aryl methyl sites for hydroxylation is 1. The van der Waals surface area contributed by atoms with Crippen molar-refractivity contribution in [2.45, 2.75) is 77.6 Å². The second-order valence-electron chi connectivity index (χ2n) is 9.13. The SMILES string of the molecule is CCC[C@H](N[C@H]1CCc2cc(F)cc(F)c2C1)C(=O)Nc1cn(CCNCCOC(C)C)cn1. The molecule has 1 aliphatic rings. The molecular formula is C25H37F2N5O2. The van der Waals surface area contributed by atoms with E-state index in [9.17, 15) is 13.6 Å². The van der Waals surface area contributed by atoms with Crippen LogP contribution in [0.1, 0.15) is 51.2 Å². The Bertz CT molecular complexity index is 934. The van der Waals surface area contributed by atoms with Gasteiger partial charge in [0.2, 0.25) is 5.91 Å². The second-order valence-corrected chi connectivity index (χ2v) is 9.13. The first-order valence-electron chi connectivity index (χ1n) is 12.2. The van der Waals surface area contributed by atoms with Gasteiger partial charge >= 0.3 is 0 Å². The lowest BCUT2D eigenvalue weighted by Gasteiger charge is -2.29. The number of hydrogen-bond acceptors (Lipinski definition) is 5. The van der Waals surface area contributed by atoms with Crippen LogP contribution in [0.4, 0.5) is 14.6 Å². The molecule has 1 aromatic heterocycles. The highest BCUT2D eigenvalue weighted by Crippen LogP contribution is 2.25. The molecule has 3 N–H and O–H groups in total. The zero-order valence-electron chi connectivity index (χ0n) is 20.4. The molecule has 0 saturated heterocycles. The molecule has 7 nitrogen and oxygen atoms in total. The summed E-state index contributed by atoms with van der Waals surface area (Å²) < 4.78 is 35.2. The molecule has 34 heavy (non-hydrogen) atoms. The molecule has 3 rings (SSSR count). The monoisotopic (exact) mass is 477 g/mol. The van der Waals surface area contributed by atoms with Crippen LogP contribution in [0.15, 0.2) is 24.7 Å². The van der Waals surface area contributed by atoms with Crippen molar-refractivity contribution in [1.82, 2.24) is 20.2 Å². The zero-order valence-corrected chi connectivity index (χ0v) is 20.4. The van der Waals surface area contributed by atoms with Gasteiger partial charge < -0.3 is 25.3 Å². The van der Waals surface area contributed by atoms with Crippen LogP contribution in [0, 0.1) is 11.6 Å². The van der Waals surface area contributed by atoms with Crippen molar-refractivity contribution in [3.63, 3.8) is 0 Å². The fourth-order valence-electron chi connectivity index (χ4n) is 4.25. The summed E-state index contributed by atoms with van der Waals surface area (Å²) in [6.45, 7) is 9.00. The predicted octanol–water partition coefficient (Wildman–Crippen LogP) is 3.43. The number of imidazole rings is 1. The van der Waals surface area contributed by atoms with Crippen molar-refractivity contribution >= 4 is 11.7 Å². The Hall–Kier alpha value is -2.36. The molecule has 0 aliphatic heterocycles. The number of fused-ring (bicyclic) bond motifs is 1. The molecule has 0 unspecified atom stereocenters. The predicted molar refractivity (Wildman–Crippen MR) is 129 cm³/mol. The number of hydrogen-bond donors (Lipinski definition) is 3. The van der Waals surface area contributed by atoms with Crippen molar-refractivity contribution in [2.75, 3.05) is 25.0 Å². The number of benzene rings is 1. The van der Waals surface area contributed by atoms with Crippen LogP contribution >= 0.6 is 0 Å². The molecule has 1 aliphatic carbocycles. The number of rotatable bonds is 13. The van der Waals surface area contributed by atoms with E-state index >= 15 is 0 Å². The number of halogens is 2. The number of ether oxygens (including phenoxy) is 1. The fourth-order valence-corrected chi connectivity index (χ4v) is 4.25. The summed E-state index contributed by atoms with van der Waals surface area (Å²) in [5.74, 6) is -0.695. The normalized spacial score (nSPS) is 16.5. The lowest BCUT2D eigenvalue weighted by Crippen LogP contribution is -2.48. The Morgan fingerprint density at radius 2 is 2.12 bits per heavy atom. The summed E-state index contributed by atoms with van der Waals surface area (Å²) in [6, 6.07) is 1.89. The van der Waals surface area contributed by atoms with Crippen molar-refractivity contribution in [1.29, 1.82) is 0 Å². The van der Waals surface area contributed by atoms with Crippen LogP contribution in [-0.4, -0.2) is 53.3 Å². The van der Waals surface area contributed by atoms with E-state index in [4.69, 9.17) is 4.74 Å². The maximum atomic E-state index is 14.3. The Labute approximate surface area is 200 Å². The summed E-state index contributed by atoms with van der Waals surface area (Å²) in [5, 5.41) is 9.62. The lowest BCUT2D eigenvalue weighted by molar-refractivity contribution is -0.118. The van der Waals surface area contributed by atoms with Gasteiger partial charge in [0.25, 0.3) is 0 Å². The number of aromatic nitrogens is 2. The number of carbonyl (C=O) groups is 1. The van der Waals surface area contributed by atoms with Crippen LogP contribution in [0.25, 0.3) is 0 Å². The minimum Gasteiger partial charge on any atom is -0.377 e. The third kappa shape index (κ3) is 7.85. The molecule has 0 bridgehead atoms. The van der Waals surface area contributed by atoms with Gasteiger partial charge in [-0.05, 0) is 56.7 Å². The maximum Gasteiger partial charge on any atom is 0.242 e. The first-order valence-corrected chi connectivity index (χ1v) is 12.2. The van der Waals surface area contributed by atoms with E-state index in [0.717, 1.165) is 44.1 Å². The number of amides is 1. The van der Waals surface area contributed by atoms with Crippen LogP contribution < -0.4 is 16.0 Å². The average molecular weight is 478 g/mol. The molecule has 0 radical (unpaired) electrons. The van der Waals surface area contributed by atoms with Crippen LogP contribution in [-0.2, 0) is 28.9 Å². The third-order valence-electron chi connectivity index (χ3n) is 5.96. The molecule has 2 aromatic rings. The molecule has 1 heterocycles. The van der Waals surface area contributed by atoms with Gasteiger partial charge in [0, 0.05) is 37.9 Å². The summed E-state index contributed by atoms with van der Waals surface area (Å²) in [4.78, 5) is 17.3. The van der Waals surface area contributed by atoms with E-state index in [1.165, 1.54) is 6.07 Å². The topological polar surface area (TPSA) is 80.2 Å². The molecule has 2 atom stereocenters. The van der Waals surface area contributed by atoms with E-state index < -0.39 is 17.7 Å². The molecule has 0 saturated carbocycles. The van der Waals surface area contributed by atoms with Crippen molar-refractivity contribution < 1.29 is 18.3 Å². The largest absolute Gasteiger partial charge is 0.377 e. The highest BCUT2D eigenvalue weighted by Gasteiger charge is 2.27. The number of nitrogens with one attached hydrogen (secondary N) is 3. The molecule has 1 amide bonds. The summed E-state index contributed by atoms with van der Waals surface area (Å²) in [7, 11) is 0. The van der Waals surface area contributed by atoms with E-state index in [1.54, 1.807) is 6.33 Å². The number of anilines is 1. The minimum atomic E-state index is -0.541. The van der Waals surface area contributed by atoms with Gasteiger partial charge in [-0.25, -0.2) is 13.8 Å². The molecular weight excluding hydrogens is 440 g/mol. The van der Waals surface area contributed by atoms with Crippen molar-refractivity contribution in [2.24, 2.45) is 0 Å². The van der Waals surface area contributed by atoms with Gasteiger partial charge in [0.05, 0.1) is 25.1 Å². The fraction of sp³-hybridized carbons (Fsp3) is 0.600. The van der Waals surface area contributed by atoms with E-state index in [2.05, 4.69) is 20.9 Å². The van der Waals surface area contributed by atoms with Crippen LogP contribution in [0.5, 0.6) is 0 Å². The first-order chi connectivity index (χ1) is 16.4. The Kier molecular flexibility index (Phi) is 9.98. The molecule has 0 fully saturated rings. The lowest BCUT2D eigenvalue weighted by atomic mass is 9.87. The quantitative estimate of drug-likeness (QED) is 0.385. The Morgan fingerprint density at radius 3 is 2.88 bits per heavy atom. The standard InChI is InChI=1S/C25H37F2N5O2/c1-4-5-23(30-20-7-6-18-12-19(26)13-22(27)21(18)14-20)25(33)31-24-15-32(16-29-24)10-8-28-9-11-34-17(2)3/h12-13,15-17,20,23,28,30H,4-11,14H2,1-3H3,(H,31,33)/t20-,23-/m0/s1. The van der Waals surface area contributed by atoms with Gasteiger partial charge in [-0.2, -0.15) is 0 Å². The number of nitrogens with zero attached hydrogens (tertiary/aromatic N) is 2. The van der Waals surface area contributed by atoms with E-state index in [0.29, 0.717) is 37.3 Å². The minimum absolute atomic E-state index is 0.0435. The van der Waals surface area contributed by atoms with Gasteiger partial charge in [-0.3, -0.25) is 4.79 Å². The molecule has 0 spiro atoms. The molecule has 188 valence electrons. The van der Waals surface area contributed by atoms with Crippen LogP contribution in [0.2, 0.25) is 0 Å². The number of carbonyl (C=O) groups excluding carboxylic acids is 1. The Morgan fingerprint density at radius 1 is 1.29 bits per heavy atom. The van der Waals surface area contributed by atoms with Gasteiger partial charge in [-0.1, -0.05) is 13.3 Å². The maximum absolute atomic E-state index is 14.3. The van der Waals surface area contributed by atoms with Gasteiger partial charge in [-0.15, -0.1) is 0 Å². The molecule has 1 aromatic carbocycles. The van der Waals surface area contributed by atoms with Gasteiger partial charge in [0.1, 0.15) is 11.6 Å². The zero-order chi connectivity index (χ0) is 24.5. The highest BCUT2D eigenvalue weighted by atomic mass is 19.1. The van der Waals surface area contributed by atoms with Crippen LogP contribution in [0.3, 0.4) is 0 Å². The average Bonchev–Trinajstić information content (AvgIpc) is 3.23. The van der Waals surface area contributed by atoms with E-state index in [-0.39, 0.29) is 18.1 Å². The summed E-state index contributed by atoms with van der Waals surface area (Å²) in [5.41, 5.74) is 1.27. The Balaban J connectivity index is 1.48. The highest BCUT2D eigenvalue weighted by molar-refractivity contribution is 5.94. The summed E-state index contributed by atoms with van der Waals surface area (Å²) >= 11 is 0. The third-order valence-corrected chi connectivity index (χ3v) is 5.96. The van der Waals surface area contributed by atoms with E-state index in [1.807, 2.05) is 31.5 Å².